The van der Waals surface area contributed by atoms with Gasteiger partial charge in [-0.25, -0.2) is 4.39 Å². The lowest BCUT2D eigenvalue weighted by atomic mass is 10.1. The van der Waals surface area contributed by atoms with Gasteiger partial charge in [-0.15, -0.1) is 0 Å². The highest BCUT2D eigenvalue weighted by Crippen LogP contribution is 2.37. The van der Waals surface area contributed by atoms with E-state index >= 15 is 0 Å². The van der Waals surface area contributed by atoms with E-state index in [4.69, 9.17) is 9.47 Å². The fourth-order valence-electron chi connectivity index (χ4n) is 2.25. The molecule has 0 radical (unpaired) electrons. The Morgan fingerprint density at radius 1 is 1.30 bits per heavy atom. The Morgan fingerprint density at radius 3 is 2.95 bits per heavy atom. The number of anilines is 1. The summed E-state index contributed by atoms with van der Waals surface area (Å²) < 4.78 is 24.4. The number of benzene rings is 2. The normalized spacial score (nSPS) is 16.4. The van der Waals surface area contributed by atoms with Gasteiger partial charge in [0.25, 0.3) is 0 Å². The Labute approximate surface area is 115 Å². The molecular weight excluding hydrogens is 261 g/mol. The van der Waals surface area contributed by atoms with Gasteiger partial charge in [-0.2, -0.15) is 0 Å². The Bertz CT molecular complexity index is 645. The Balaban J connectivity index is 1.87. The van der Waals surface area contributed by atoms with Crippen molar-refractivity contribution in [1.29, 1.82) is 0 Å². The number of rotatable bonds is 3. The van der Waals surface area contributed by atoms with Gasteiger partial charge >= 0.3 is 0 Å². The molecule has 1 heterocycles. The molecule has 20 heavy (non-hydrogen) atoms. The molecular formula is C15H14FNO3. The van der Waals surface area contributed by atoms with E-state index in [9.17, 15) is 9.50 Å². The van der Waals surface area contributed by atoms with E-state index in [1.807, 2.05) is 0 Å². The second-order valence-electron chi connectivity index (χ2n) is 4.58. The SMILES string of the molecule is COc1ccc(F)c(NC2COc3cc(O)ccc32)c1. The van der Waals surface area contributed by atoms with Gasteiger partial charge < -0.3 is 19.9 Å². The first-order chi connectivity index (χ1) is 9.67. The zero-order valence-corrected chi connectivity index (χ0v) is 10.9. The molecule has 0 saturated heterocycles. The molecule has 5 heteroatoms. The molecule has 1 aliphatic heterocycles. The number of fused-ring (bicyclic) bond motifs is 1. The number of hydrogen-bond donors (Lipinski definition) is 2. The maximum absolute atomic E-state index is 13.8. The van der Waals surface area contributed by atoms with Crippen molar-refractivity contribution >= 4 is 5.69 Å². The summed E-state index contributed by atoms with van der Waals surface area (Å²) in [7, 11) is 1.54. The molecule has 1 atom stereocenters. The van der Waals surface area contributed by atoms with Crippen molar-refractivity contribution in [3.8, 4) is 17.2 Å². The topological polar surface area (TPSA) is 50.7 Å². The summed E-state index contributed by atoms with van der Waals surface area (Å²) in [5.41, 5.74) is 1.25. The van der Waals surface area contributed by atoms with Crippen LogP contribution >= 0.6 is 0 Å². The number of hydrogen-bond acceptors (Lipinski definition) is 4. The van der Waals surface area contributed by atoms with Crippen LogP contribution in [0.25, 0.3) is 0 Å². The number of ether oxygens (including phenoxy) is 2. The molecule has 0 aromatic heterocycles. The monoisotopic (exact) mass is 275 g/mol. The zero-order valence-electron chi connectivity index (χ0n) is 10.9. The molecule has 3 rings (SSSR count). The summed E-state index contributed by atoms with van der Waals surface area (Å²) in [4.78, 5) is 0. The molecule has 1 aliphatic rings. The lowest BCUT2D eigenvalue weighted by molar-refractivity contribution is 0.338. The molecule has 0 saturated carbocycles. The van der Waals surface area contributed by atoms with Gasteiger partial charge in [0, 0.05) is 17.7 Å². The third-order valence-corrected chi connectivity index (χ3v) is 3.28. The van der Waals surface area contributed by atoms with E-state index in [-0.39, 0.29) is 17.6 Å². The molecule has 2 N–H and O–H groups in total. The van der Waals surface area contributed by atoms with Crippen molar-refractivity contribution in [2.45, 2.75) is 6.04 Å². The highest BCUT2D eigenvalue weighted by molar-refractivity contribution is 5.54. The van der Waals surface area contributed by atoms with Crippen molar-refractivity contribution in [1.82, 2.24) is 0 Å². The van der Waals surface area contributed by atoms with E-state index in [1.54, 1.807) is 30.3 Å². The lowest BCUT2D eigenvalue weighted by Gasteiger charge is -2.14. The minimum atomic E-state index is -0.349. The van der Waals surface area contributed by atoms with Crippen molar-refractivity contribution in [2.24, 2.45) is 0 Å². The highest BCUT2D eigenvalue weighted by atomic mass is 19.1. The first kappa shape index (κ1) is 12.6. The van der Waals surface area contributed by atoms with Gasteiger partial charge in [-0.05, 0) is 24.3 Å². The van der Waals surface area contributed by atoms with Crippen molar-refractivity contribution in [3.05, 3.63) is 47.8 Å². The average molecular weight is 275 g/mol. The molecule has 0 spiro atoms. The number of nitrogens with one attached hydrogen (secondary N) is 1. The molecule has 0 fully saturated rings. The minimum absolute atomic E-state index is 0.150. The van der Waals surface area contributed by atoms with Crippen LogP contribution in [-0.4, -0.2) is 18.8 Å². The number of halogens is 1. The summed E-state index contributed by atoms with van der Waals surface area (Å²) in [6.07, 6.45) is 0. The second-order valence-corrected chi connectivity index (χ2v) is 4.58. The summed E-state index contributed by atoms with van der Waals surface area (Å²) >= 11 is 0. The number of methoxy groups -OCH3 is 1. The molecule has 104 valence electrons. The van der Waals surface area contributed by atoms with Crippen LogP contribution in [0.5, 0.6) is 17.2 Å². The zero-order chi connectivity index (χ0) is 14.1. The molecule has 0 amide bonds. The first-order valence-electron chi connectivity index (χ1n) is 6.23. The molecule has 0 bridgehead atoms. The molecule has 0 aliphatic carbocycles. The highest BCUT2D eigenvalue weighted by Gasteiger charge is 2.25. The van der Waals surface area contributed by atoms with Crippen LogP contribution < -0.4 is 14.8 Å². The van der Waals surface area contributed by atoms with Crippen LogP contribution in [0.15, 0.2) is 36.4 Å². The van der Waals surface area contributed by atoms with Crippen LogP contribution in [0.2, 0.25) is 0 Å². The first-order valence-corrected chi connectivity index (χ1v) is 6.23. The van der Waals surface area contributed by atoms with E-state index in [1.165, 1.54) is 13.2 Å². The number of phenolic OH excluding ortho intramolecular Hbond substituents is 1. The quantitative estimate of drug-likeness (QED) is 0.903. The van der Waals surface area contributed by atoms with Gasteiger partial charge in [-0.3, -0.25) is 0 Å². The third-order valence-electron chi connectivity index (χ3n) is 3.28. The largest absolute Gasteiger partial charge is 0.508 e. The molecule has 2 aromatic carbocycles. The Hall–Kier alpha value is -2.43. The van der Waals surface area contributed by atoms with E-state index in [0.717, 1.165) is 5.56 Å². The van der Waals surface area contributed by atoms with Crippen LogP contribution in [-0.2, 0) is 0 Å². The summed E-state index contributed by atoms with van der Waals surface area (Å²) in [6, 6.07) is 9.28. The lowest BCUT2D eigenvalue weighted by Crippen LogP contribution is -2.13. The number of aromatic hydroxyl groups is 1. The predicted molar refractivity (Wildman–Crippen MR) is 72.9 cm³/mol. The summed E-state index contributed by atoms with van der Waals surface area (Å²) in [5.74, 6) is 1.000. The third kappa shape index (κ3) is 2.22. The van der Waals surface area contributed by atoms with E-state index in [0.29, 0.717) is 23.8 Å². The van der Waals surface area contributed by atoms with Gasteiger partial charge in [0.15, 0.2) is 0 Å². The summed E-state index contributed by atoms with van der Waals surface area (Å²) in [6.45, 7) is 0.384. The predicted octanol–water partition coefficient (Wildman–Crippen LogP) is 3.09. The van der Waals surface area contributed by atoms with E-state index < -0.39 is 0 Å². The van der Waals surface area contributed by atoms with Crippen LogP contribution in [0.1, 0.15) is 11.6 Å². The summed E-state index contributed by atoms with van der Waals surface area (Å²) in [5, 5.41) is 12.5. The maximum atomic E-state index is 13.8. The van der Waals surface area contributed by atoms with Crippen molar-refractivity contribution < 1.29 is 19.0 Å². The molecule has 4 nitrogen and oxygen atoms in total. The van der Waals surface area contributed by atoms with Gasteiger partial charge in [0.05, 0.1) is 18.8 Å². The van der Waals surface area contributed by atoms with Crippen LogP contribution in [0.4, 0.5) is 10.1 Å². The van der Waals surface area contributed by atoms with Gasteiger partial charge in [-0.1, -0.05) is 0 Å². The molecule has 1 unspecified atom stereocenters. The smallest absolute Gasteiger partial charge is 0.146 e. The Kier molecular flexibility index (Phi) is 3.10. The number of phenols is 1. The maximum Gasteiger partial charge on any atom is 0.146 e. The van der Waals surface area contributed by atoms with Crippen LogP contribution in [0, 0.1) is 5.82 Å². The van der Waals surface area contributed by atoms with Crippen LogP contribution in [0.3, 0.4) is 0 Å². The minimum Gasteiger partial charge on any atom is -0.508 e. The van der Waals surface area contributed by atoms with Gasteiger partial charge in [0.1, 0.15) is 29.7 Å². The van der Waals surface area contributed by atoms with E-state index in [2.05, 4.69) is 5.32 Å². The average Bonchev–Trinajstić information content (AvgIpc) is 2.83. The molecule has 2 aromatic rings. The van der Waals surface area contributed by atoms with Crippen molar-refractivity contribution in [2.75, 3.05) is 19.0 Å². The standard InChI is InChI=1S/C15H14FNO3/c1-19-10-3-5-12(16)13(7-10)17-14-8-20-15-6-9(18)2-4-11(14)15/h2-7,14,17-18H,8H2,1H3. The van der Waals surface area contributed by atoms with Crippen molar-refractivity contribution in [3.63, 3.8) is 0 Å². The fraction of sp³-hybridized carbons (Fsp3) is 0.200. The van der Waals surface area contributed by atoms with Gasteiger partial charge in [0.2, 0.25) is 0 Å². The Morgan fingerprint density at radius 2 is 2.15 bits per heavy atom. The second kappa shape index (κ2) is 4.92. The fourth-order valence-corrected chi connectivity index (χ4v) is 2.25.